The maximum atomic E-state index is 9.90. The van der Waals surface area contributed by atoms with Gasteiger partial charge in [-0.25, -0.2) is 14.0 Å². The van der Waals surface area contributed by atoms with Gasteiger partial charge in [-0.15, -0.1) is 0 Å². The highest BCUT2D eigenvalue weighted by molar-refractivity contribution is 7.97. The molecule has 0 amide bonds. The molecule has 0 aliphatic rings. The predicted octanol–water partition coefficient (Wildman–Crippen LogP) is 0.340. The lowest BCUT2D eigenvalue weighted by molar-refractivity contribution is 0.403. The number of rotatable bonds is 2. The van der Waals surface area contributed by atoms with E-state index < -0.39 is 7.75 Å². The first kappa shape index (κ1) is 7.46. The Morgan fingerprint density at radius 1 is 2.00 bits per heavy atom. The third-order valence-corrected chi connectivity index (χ3v) is 1.63. The van der Waals surface area contributed by atoms with Gasteiger partial charge in [0.2, 0.25) is 0 Å². The summed E-state index contributed by atoms with van der Waals surface area (Å²) in [6.07, 6.45) is 1.51. The standard InChI is InChI=1S/CH6NO3PS/c1-7-5-6(2,3)4/h1H3,(H3,2,3,4). The summed E-state index contributed by atoms with van der Waals surface area (Å²) in [6.45, 7) is 0. The van der Waals surface area contributed by atoms with Crippen LogP contribution in [0.1, 0.15) is 0 Å². The van der Waals surface area contributed by atoms with Crippen LogP contribution in [0.3, 0.4) is 0 Å². The quantitative estimate of drug-likeness (QED) is 0.430. The van der Waals surface area contributed by atoms with Crippen molar-refractivity contribution in [3.8, 4) is 0 Å². The van der Waals surface area contributed by atoms with Crippen molar-refractivity contribution in [1.82, 2.24) is 0 Å². The number of hydrogen-bond donors (Lipinski definition) is 2. The molecule has 0 fully saturated rings. The molecule has 0 aromatic carbocycles. The van der Waals surface area contributed by atoms with Crippen molar-refractivity contribution in [1.29, 1.82) is 0 Å². The molecule has 0 aliphatic carbocycles. The Labute approximate surface area is 45.8 Å². The van der Waals surface area contributed by atoms with Crippen molar-refractivity contribution in [3.63, 3.8) is 0 Å². The second kappa shape index (κ2) is 2.69. The van der Waals surface area contributed by atoms with E-state index in [4.69, 9.17) is 4.89 Å². The largest absolute Gasteiger partial charge is 0.411 e. The van der Waals surface area contributed by atoms with Gasteiger partial charge in [0.25, 0.3) is 0 Å². The summed E-state index contributed by atoms with van der Waals surface area (Å²) in [5, 5.41) is 0. The third kappa shape index (κ3) is 6.46. The van der Waals surface area contributed by atoms with Gasteiger partial charge in [0.1, 0.15) is 0 Å². The Morgan fingerprint density at radius 3 is 2.43 bits per heavy atom. The van der Waals surface area contributed by atoms with Crippen molar-refractivity contribution in [3.05, 3.63) is 0 Å². The summed E-state index contributed by atoms with van der Waals surface area (Å²) >= 11 is 0.770. The Kier molecular flexibility index (Phi) is 2.87. The molecule has 6 heteroatoms. The molecule has 0 aliphatic heterocycles. The molecule has 0 aromatic rings. The van der Waals surface area contributed by atoms with Crippen molar-refractivity contribution in [2.24, 2.45) is 5.50 Å². The molecule has 1 unspecified atom stereocenters. The van der Waals surface area contributed by atoms with Crippen molar-refractivity contribution in [2.75, 3.05) is 6.26 Å². The summed E-state index contributed by atoms with van der Waals surface area (Å²) in [7, 11) is -3.70. The van der Waals surface area contributed by atoms with E-state index in [1.807, 2.05) is 0 Å². The van der Waals surface area contributed by atoms with Crippen molar-refractivity contribution in [2.45, 2.75) is 0 Å². The fourth-order valence-electron chi connectivity index (χ4n) is 0.107. The molecule has 4 nitrogen and oxygen atoms in total. The van der Waals surface area contributed by atoms with E-state index in [9.17, 15) is 4.57 Å². The van der Waals surface area contributed by atoms with Gasteiger partial charge in [0.15, 0.2) is 0 Å². The molecule has 7 heavy (non-hydrogen) atoms. The molecular formula is CH6NO3PS. The van der Waals surface area contributed by atoms with Gasteiger partial charge in [-0.2, -0.15) is 0 Å². The van der Waals surface area contributed by atoms with Crippen LogP contribution < -0.4 is 5.50 Å². The minimum Gasteiger partial charge on any atom is -0.312 e. The molecule has 0 rings (SSSR count). The molecule has 0 radical (unpaired) electrons. The van der Waals surface area contributed by atoms with Crippen LogP contribution in [0.5, 0.6) is 0 Å². The normalized spacial score (nSPS) is 18.7. The molecular weight excluding hydrogens is 137 g/mol. The molecule has 0 saturated heterocycles. The van der Waals surface area contributed by atoms with Gasteiger partial charge < -0.3 is 4.89 Å². The number of hydrogen-bond acceptors (Lipinski definition) is 3. The second-order valence-electron chi connectivity index (χ2n) is 0.805. The first-order chi connectivity index (χ1) is 3.06. The highest BCUT2D eigenvalue weighted by Crippen LogP contribution is 2.35. The maximum absolute atomic E-state index is 9.90. The maximum Gasteiger partial charge on any atom is 0.411 e. The topological polar surface area (TPSA) is 72.5 Å². The van der Waals surface area contributed by atoms with Gasteiger partial charge in [0, 0.05) is 6.26 Å². The Morgan fingerprint density at radius 2 is 2.43 bits per heavy atom. The molecule has 0 bridgehead atoms. The van der Waals surface area contributed by atoms with Crippen molar-refractivity contribution < 1.29 is 13.4 Å². The summed E-state index contributed by atoms with van der Waals surface area (Å²) in [4.78, 5) is 8.11. The van der Waals surface area contributed by atoms with Gasteiger partial charge in [-0.05, 0) is 12.0 Å². The highest BCUT2D eigenvalue weighted by atomic mass is 32.2. The highest BCUT2D eigenvalue weighted by Gasteiger charge is 2.08. The summed E-state index contributed by atoms with van der Waals surface area (Å²) in [5.74, 6) is 0. The lowest BCUT2D eigenvalue weighted by Gasteiger charge is -1.98. The van der Waals surface area contributed by atoms with Crippen molar-refractivity contribution >= 4 is 19.8 Å². The van der Waals surface area contributed by atoms with E-state index in [0.29, 0.717) is 0 Å². The smallest absolute Gasteiger partial charge is 0.312 e. The third-order valence-electron chi connectivity index (χ3n) is 0.181. The van der Waals surface area contributed by atoms with Crippen LogP contribution in [0, 0.1) is 0 Å². The van der Waals surface area contributed by atoms with Crippen LogP contribution in [0.2, 0.25) is 0 Å². The second-order valence-corrected chi connectivity index (χ2v) is 2.86. The average Bonchev–Trinajstić information content (AvgIpc) is 1.30. The van der Waals surface area contributed by atoms with Crippen LogP contribution in [-0.4, -0.2) is 11.1 Å². The Balaban J connectivity index is 3.36. The summed E-state index contributed by atoms with van der Waals surface area (Å²) in [5.41, 5.74) is 4.51. The van der Waals surface area contributed by atoms with Gasteiger partial charge >= 0.3 is 7.75 Å². The molecule has 3 N–H and O–H groups in total. The van der Waals surface area contributed by atoms with Crippen LogP contribution in [-0.2, 0) is 8.54 Å². The minimum absolute atomic E-state index is 0.770. The fourth-order valence-corrected chi connectivity index (χ4v) is 0.961. The van der Waals surface area contributed by atoms with Gasteiger partial charge in [0.05, 0.1) is 0 Å². The monoisotopic (exact) mass is 143 g/mol. The molecule has 1 atom stereocenters. The number of nitrogens with two attached hydrogens (primary N) is 1. The average molecular weight is 143 g/mol. The first-order valence-electron chi connectivity index (χ1n) is 1.40. The molecule has 0 heterocycles. The summed E-state index contributed by atoms with van der Waals surface area (Å²) < 4.78 is 13.9. The zero-order valence-corrected chi connectivity index (χ0v) is 5.41. The SMILES string of the molecule is CSOP(N)(=O)O. The van der Waals surface area contributed by atoms with E-state index in [-0.39, 0.29) is 0 Å². The van der Waals surface area contributed by atoms with Crippen LogP contribution >= 0.6 is 19.8 Å². The van der Waals surface area contributed by atoms with Gasteiger partial charge in [-0.3, -0.25) is 0 Å². The van der Waals surface area contributed by atoms with Crippen LogP contribution in [0.15, 0.2) is 0 Å². The Hall–Kier alpha value is 0.460. The molecule has 0 spiro atoms. The van der Waals surface area contributed by atoms with Gasteiger partial charge in [-0.1, -0.05) is 0 Å². The van der Waals surface area contributed by atoms with E-state index in [1.54, 1.807) is 0 Å². The minimum atomic E-state index is -3.70. The van der Waals surface area contributed by atoms with E-state index in [2.05, 4.69) is 9.47 Å². The van der Waals surface area contributed by atoms with Crippen LogP contribution in [0.4, 0.5) is 0 Å². The lowest BCUT2D eigenvalue weighted by Crippen LogP contribution is -1.91. The fraction of sp³-hybridized carbons (Fsp3) is 1.00. The van der Waals surface area contributed by atoms with E-state index in [1.165, 1.54) is 6.26 Å². The van der Waals surface area contributed by atoms with E-state index >= 15 is 0 Å². The summed E-state index contributed by atoms with van der Waals surface area (Å²) in [6, 6.07) is 0. The zero-order chi connectivity index (χ0) is 5.91. The Bertz CT molecular complexity index is 88.9. The zero-order valence-electron chi connectivity index (χ0n) is 3.70. The van der Waals surface area contributed by atoms with Crippen LogP contribution in [0.25, 0.3) is 0 Å². The molecule has 0 aromatic heterocycles. The lowest BCUT2D eigenvalue weighted by atomic mass is 12.0. The van der Waals surface area contributed by atoms with E-state index in [0.717, 1.165) is 12.0 Å². The molecule has 0 saturated carbocycles. The first-order valence-corrected chi connectivity index (χ1v) is 4.19. The molecule has 44 valence electrons. The predicted molar refractivity (Wildman–Crippen MR) is 28.6 cm³/mol.